The molecule has 1 heterocycles. The zero-order chi connectivity index (χ0) is 20.9. The number of hydrogen-bond donors (Lipinski definition) is 1. The number of aryl methyl sites for hydroxylation is 3. The van der Waals surface area contributed by atoms with E-state index in [4.69, 9.17) is 9.26 Å². The van der Waals surface area contributed by atoms with E-state index >= 15 is 0 Å². The van der Waals surface area contributed by atoms with Crippen LogP contribution in [0.25, 0.3) is 11.4 Å². The van der Waals surface area contributed by atoms with Gasteiger partial charge in [0.15, 0.2) is 0 Å². The molecule has 4 rings (SSSR count). The van der Waals surface area contributed by atoms with E-state index in [9.17, 15) is 4.79 Å². The molecule has 1 aromatic heterocycles. The molecule has 0 radical (unpaired) electrons. The number of benzene rings is 2. The Morgan fingerprint density at radius 1 is 1.13 bits per heavy atom. The molecule has 0 aliphatic heterocycles. The second kappa shape index (κ2) is 9.11. The predicted molar refractivity (Wildman–Crippen MR) is 114 cm³/mol. The summed E-state index contributed by atoms with van der Waals surface area (Å²) in [7, 11) is 1.62. The summed E-state index contributed by atoms with van der Waals surface area (Å²) in [6.07, 6.45) is 5.54. The summed E-state index contributed by atoms with van der Waals surface area (Å²) in [4.78, 5) is 16.8. The largest absolute Gasteiger partial charge is 0.497 e. The molecule has 1 aliphatic rings. The molecule has 0 bridgehead atoms. The highest BCUT2D eigenvalue weighted by molar-refractivity contribution is 5.76. The summed E-state index contributed by atoms with van der Waals surface area (Å²) in [6, 6.07) is 14.0. The van der Waals surface area contributed by atoms with Crippen molar-refractivity contribution < 1.29 is 14.1 Å². The summed E-state index contributed by atoms with van der Waals surface area (Å²) < 4.78 is 10.5. The molecule has 6 nitrogen and oxygen atoms in total. The van der Waals surface area contributed by atoms with Gasteiger partial charge in [-0.15, -0.1) is 0 Å². The SMILES string of the molecule is COc1ccc(-c2noc(CCC(=O)NC(C)c3ccc4c(c3)CCCC4)n2)cc1. The lowest BCUT2D eigenvalue weighted by molar-refractivity contribution is -0.121. The molecule has 156 valence electrons. The Hall–Kier alpha value is -3.15. The average molecular weight is 405 g/mol. The second-order valence-corrected chi connectivity index (χ2v) is 7.76. The standard InChI is InChI=1S/C24H27N3O3/c1-16(19-8-7-17-5-3-4-6-20(17)15-19)25-22(28)13-14-23-26-24(27-30-23)18-9-11-21(29-2)12-10-18/h7-12,15-16H,3-6,13-14H2,1-2H3,(H,25,28). The molecule has 30 heavy (non-hydrogen) atoms. The highest BCUT2D eigenvalue weighted by Gasteiger charge is 2.15. The van der Waals surface area contributed by atoms with Crippen molar-refractivity contribution in [3.8, 4) is 17.1 Å². The molecule has 0 spiro atoms. The van der Waals surface area contributed by atoms with E-state index in [1.165, 1.54) is 30.4 Å². The number of fused-ring (bicyclic) bond motifs is 1. The number of carbonyl (C=O) groups is 1. The van der Waals surface area contributed by atoms with E-state index in [0.717, 1.165) is 23.3 Å². The summed E-state index contributed by atoms with van der Waals surface area (Å²) in [5, 5.41) is 7.09. The highest BCUT2D eigenvalue weighted by Crippen LogP contribution is 2.25. The highest BCUT2D eigenvalue weighted by atomic mass is 16.5. The Morgan fingerprint density at radius 3 is 2.67 bits per heavy atom. The van der Waals surface area contributed by atoms with Crippen molar-refractivity contribution in [3.63, 3.8) is 0 Å². The minimum Gasteiger partial charge on any atom is -0.497 e. The fraction of sp³-hybridized carbons (Fsp3) is 0.375. The maximum atomic E-state index is 12.4. The first-order chi connectivity index (χ1) is 14.6. The van der Waals surface area contributed by atoms with E-state index in [2.05, 4.69) is 33.7 Å². The van der Waals surface area contributed by atoms with Crippen LogP contribution in [0.15, 0.2) is 47.0 Å². The second-order valence-electron chi connectivity index (χ2n) is 7.76. The summed E-state index contributed by atoms with van der Waals surface area (Å²) in [5.74, 6) is 1.71. The number of amides is 1. The van der Waals surface area contributed by atoms with Crippen molar-refractivity contribution in [2.24, 2.45) is 0 Å². The number of rotatable bonds is 7. The van der Waals surface area contributed by atoms with E-state index in [-0.39, 0.29) is 11.9 Å². The van der Waals surface area contributed by atoms with E-state index in [0.29, 0.717) is 24.6 Å². The molecule has 0 saturated carbocycles. The van der Waals surface area contributed by atoms with Crippen LogP contribution in [0.3, 0.4) is 0 Å². The van der Waals surface area contributed by atoms with Crippen molar-refractivity contribution in [1.82, 2.24) is 15.5 Å². The van der Waals surface area contributed by atoms with Gasteiger partial charge in [0.2, 0.25) is 17.6 Å². The lowest BCUT2D eigenvalue weighted by atomic mass is 9.89. The molecule has 1 atom stereocenters. The Bertz CT molecular complexity index is 1010. The molecule has 1 aliphatic carbocycles. The number of ether oxygens (including phenoxy) is 1. The number of carbonyl (C=O) groups excluding carboxylic acids is 1. The van der Waals surface area contributed by atoms with Crippen LogP contribution in [-0.4, -0.2) is 23.2 Å². The molecule has 0 saturated heterocycles. The van der Waals surface area contributed by atoms with Gasteiger partial charge in [0, 0.05) is 18.4 Å². The molecular weight excluding hydrogens is 378 g/mol. The minimum atomic E-state index is -0.0257. The Kier molecular flexibility index (Phi) is 6.12. The molecule has 6 heteroatoms. The zero-order valence-electron chi connectivity index (χ0n) is 17.5. The number of nitrogens with zero attached hydrogens (tertiary/aromatic N) is 2. The first kappa shape index (κ1) is 20.1. The maximum absolute atomic E-state index is 12.4. The van der Waals surface area contributed by atoms with Crippen LogP contribution in [0.2, 0.25) is 0 Å². The third kappa shape index (κ3) is 4.70. The predicted octanol–water partition coefficient (Wildman–Crippen LogP) is 4.43. The average Bonchev–Trinajstić information content (AvgIpc) is 3.26. The molecule has 3 aromatic rings. The maximum Gasteiger partial charge on any atom is 0.227 e. The van der Waals surface area contributed by atoms with Crippen LogP contribution >= 0.6 is 0 Å². The lowest BCUT2D eigenvalue weighted by Gasteiger charge is -2.20. The van der Waals surface area contributed by atoms with Gasteiger partial charge >= 0.3 is 0 Å². The van der Waals surface area contributed by atoms with Gasteiger partial charge in [-0.05, 0) is 73.6 Å². The van der Waals surface area contributed by atoms with E-state index in [1.54, 1.807) is 7.11 Å². The van der Waals surface area contributed by atoms with Crippen molar-refractivity contribution in [3.05, 3.63) is 65.0 Å². The fourth-order valence-electron chi connectivity index (χ4n) is 3.85. The van der Waals surface area contributed by atoms with Gasteiger partial charge in [-0.2, -0.15) is 4.98 Å². The molecule has 1 unspecified atom stereocenters. The van der Waals surface area contributed by atoms with Gasteiger partial charge < -0.3 is 14.6 Å². The van der Waals surface area contributed by atoms with Crippen molar-refractivity contribution >= 4 is 5.91 Å². The third-order valence-electron chi connectivity index (χ3n) is 5.63. The van der Waals surface area contributed by atoms with Crippen LogP contribution in [-0.2, 0) is 24.1 Å². The Morgan fingerprint density at radius 2 is 1.90 bits per heavy atom. The molecule has 1 N–H and O–H groups in total. The van der Waals surface area contributed by atoms with Crippen molar-refractivity contribution in [1.29, 1.82) is 0 Å². The van der Waals surface area contributed by atoms with Gasteiger partial charge in [0.25, 0.3) is 0 Å². The monoisotopic (exact) mass is 405 g/mol. The number of nitrogens with one attached hydrogen (secondary N) is 1. The van der Waals surface area contributed by atoms with Gasteiger partial charge in [-0.25, -0.2) is 0 Å². The summed E-state index contributed by atoms with van der Waals surface area (Å²) >= 11 is 0. The Labute approximate surface area is 176 Å². The first-order valence-electron chi connectivity index (χ1n) is 10.5. The topological polar surface area (TPSA) is 77.2 Å². The van der Waals surface area contributed by atoms with Gasteiger partial charge in [-0.3, -0.25) is 4.79 Å². The molecular formula is C24H27N3O3. The number of methoxy groups -OCH3 is 1. The number of aromatic nitrogens is 2. The third-order valence-corrected chi connectivity index (χ3v) is 5.63. The van der Waals surface area contributed by atoms with Crippen LogP contribution in [0.4, 0.5) is 0 Å². The van der Waals surface area contributed by atoms with Crippen molar-refractivity contribution in [2.45, 2.75) is 51.5 Å². The molecule has 0 fully saturated rings. The van der Waals surface area contributed by atoms with E-state index < -0.39 is 0 Å². The van der Waals surface area contributed by atoms with Crippen LogP contribution in [0, 0.1) is 0 Å². The Balaban J connectivity index is 1.31. The smallest absolute Gasteiger partial charge is 0.227 e. The van der Waals surface area contributed by atoms with Gasteiger partial charge in [-0.1, -0.05) is 23.4 Å². The quantitative estimate of drug-likeness (QED) is 0.629. The van der Waals surface area contributed by atoms with Crippen LogP contribution < -0.4 is 10.1 Å². The van der Waals surface area contributed by atoms with Crippen molar-refractivity contribution in [2.75, 3.05) is 7.11 Å². The minimum absolute atomic E-state index is 0.0237. The van der Waals surface area contributed by atoms with Gasteiger partial charge in [0.1, 0.15) is 5.75 Å². The number of hydrogen-bond acceptors (Lipinski definition) is 5. The van der Waals surface area contributed by atoms with E-state index in [1.807, 2.05) is 31.2 Å². The van der Waals surface area contributed by atoms with Gasteiger partial charge in [0.05, 0.1) is 13.2 Å². The molecule has 1 amide bonds. The normalized spacial score (nSPS) is 14.1. The first-order valence-corrected chi connectivity index (χ1v) is 10.5. The summed E-state index contributed by atoms with van der Waals surface area (Å²) in [5.41, 5.74) is 4.88. The van der Waals surface area contributed by atoms with Crippen LogP contribution in [0.5, 0.6) is 5.75 Å². The summed E-state index contributed by atoms with van der Waals surface area (Å²) in [6.45, 7) is 2.02. The lowest BCUT2D eigenvalue weighted by Crippen LogP contribution is -2.27. The zero-order valence-corrected chi connectivity index (χ0v) is 17.5. The molecule has 2 aromatic carbocycles. The van der Waals surface area contributed by atoms with Crippen LogP contribution in [0.1, 0.15) is 54.8 Å². The fourth-order valence-corrected chi connectivity index (χ4v) is 3.85.